The van der Waals surface area contributed by atoms with Crippen molar-refractivity contribution < 1.29 is 19.0 Å². The number of rotatable bonds is 6. The molecule has 0 spiro atoms. The molecule has 1 amide bonds. The van der Waals surface area contributed by atoms with Crippen molar-refractivity contribution in [1.29, 1.82) is 0 Å². The Balaban J connectivity index is 1.73. The van der Waals surface area contributed by atoms with Crippen LogP contribution in [0.4, 0.5) is 5.82 Å². The summed E-state index contributed by atoms with van der Waals surface area (Å²) < 4.78 is 16.0. The van der Waals surface area contributed by atoms with Crippen molar-refractivity contribution in [3.05, 3.63) is 41.3 Å². The smallest absolute Gasteiger partial charge is 0.255 e. The van der Waals surface area contributed by atoms with Crippen LogP contribution < -0.4 is 19.7 Å². The minimum atomic E-state index is -0.274. The fraction of sp³-hybridized carbons (Fsp3) is 0.421. The molecular formula is C19H24N4O4. The summed E-state index contributed by atoms with van der Waals surface area (Å²) in [5, 5.41) is 2.86. The summed E-state index contributed by atoms with van der Waals surface area (Å²) in [6.45, 7) is 5.10. The zero-order valence-corrected chi connectivity index (χ0v) is 15.8. The minimum absolute atomic E-state index is 0.220. The maximum absolute atomic E-state index is 12.6. The average Bonchev–Trinajstić information content (AvgIpc) is 2.71. The average molecular weight is 372 g/mol. The number of carbonyl (C=O) groups excluding carboxylic acids is 1. The fourth-order valence-electron chi connectivity index (χ4n) is 2.97. The van der Waals surface area contributed by atoms with Gasteiger partial charge in [0.25, 0.3) is 5.91 Å². The molecule has 144 valence electrons. The van der Waals surface area contributed by atoms with Crippen LogP contribution in [0.2, 0.25) is 0 Å². The van der Waals surface area contributed by atoms with E-state index in [-0.39, 0.29) is 12.5 Å². The number of aromatic nitrogens is 2. The summed E-state index contributed by atoms with van der Waals surface area (Å²) in [4.78, 5) is 23.8. The topological polar surface area (TPSA) is 85.8 Å². The van der Waals surface area contributed by atoms with Gasteiger partial charge >= 0.3 is 0 Å². The van der Waals surface area contributed by atoms with Gasteiger partial charge in [-0.2, -0.15) is 0 Å². The quantitative estimate of drug-likeness (QED) is 0.824. The molecule has 1 aliphatic heterocycles. The molecular weight excluding hydrogens is 348 g/mol. The Kier molecular flexibility index (Phi) is 6.08. The van der Waals surface area contributed by atoms with Gasteiger partial charge in [-0.15, -0.1) is 0 Å². The van der Waals surface area contributed by atoms with E-state index in [0.29, 0.717) is 36.1 Å². The molecule has 0 atom stereocenters. The van der Waals surface area contributed by atoms with E-state index in [1.54, 1.807) is 18.2 Å². The van der Waals surface area contributed by atoms with Crippen LogP contribution in [0.3, 0.4) is 0 Å². The third-order valence-corrected chi connectivity index (χ3v) is 4.28. The van der Waals surface area contributed by atoms with E-state index in [4.69, 9.17) is 14.2 Å². The van der Waals surface area contributed by atoms with Crippen LogP contribution in [0.5, 0.6) is 11.5 Å². The molecule has 1 aliphatic rings. The Morgan fingerprint density at radius 3 is 2.70 bits per heavy atom. The first-order valence-electron chi connectivity index (χ1n) is 8.79. The Morgan fingerprint density at radius 2 is 2.00 bits per heavy atom. The zero-order chi connectivity index (χ0) is 19.2. The number of benzene rings is 1. The number of hydrogen-bond acceptors (Lipinski definition) is 7. The Hall–Kier alpha value is -2.87. The highest BCUT2D eigenvalue weighted by atomic mass is 16.5. The number of anilines is 1. The lowest BCUT2D eigenvalue weighted by molar-refractivity contribution is 0.0946. The van der Waals surface area contributed by atoms with E-state index < -0.39 is 0 Å². The van der Waals surface area contributed by atoms with Crippen molar-refractivity contribution in [2.24, 2.45) is 0 Å². The first kappa shape index (κ1) is 18.9. The second kappa shape index (κ2) is 8.68. The van der Waals surface area contributed by atoms with Gasteiger partial charge in [0.2, 0.25) is 0 Å². The Labute approximate surface area is 158 Å². The summed E-state index contributed by atoms with van der Waals surface area (Å²) >= 11 is 0. The van der Waals surface area contributed by atoms with Gasteiger partial charge in [0, 0.05) is 24.8 Å². The van der Waals surface area contributed by atoms with Crippen molar-refractivity contribution in [2.45, 2.75) is 13.5 Å². The predicted molar refractivity (Wildman–Crippen MR) is 101 cm³/mol. The highest BCUT2D eigenvalue weighted by Gasteiger charge is 2.18. The number of amides is 1. The molecule has 3 rings (SSSR count). The number of methoxy groups -OCH3 is 2. The molecule has 1 aromatic carbocycles. The van der Waals surface area contributed by atoms with Crippen molar-refractivity contribution >= 4 is 11.7 Å². The van der Waals surface area contributed by atoms with Crippen molar-refractivity contribution in [3.8, 4) is 11.5 Å². The number of para-hydroxylation sites is 1. The number of hydrogen-bond donors (Lipinski definition) is 1. The molecule has 8 heteroatoms. The van der Waals surface area contributed by atoms with E-state index in [1.807, 2.05) is 13.0 Å². The number of aryl methyl sites for hydroxylation is 1. The van der Waals surface area contributed by atoms with Gasteiger partial charge in [0.1, 0.15) is 11.6 Å². The van der Waals surface area contributed by atoms with E-state index >= 15 is 0 Å². The van der Waals surface area contributed by atoms with Crippen molar-refractivity contribution in [3.63, 3.8) is 0 Å². The number of ether oxygens (including phenoxy) is 3. The summed E-state index contributed by atoms with van der Waals surface area (Å²) in [6, 6.07) is 7.12. The zero-order valence-electron chi connectivity index (χ0n) is 15.8. The molecule has 0 unspecified atom stereocenters. The van der Waals surface area contributed by atoms with Crippen LogP contribution in [0.15, 0.2) is 24.3 Å². The summed E-state index contributed by atoms with van der Waals surface area (Å²) in [6.07, 6.45) is 0. The summed E-state index contributed by atoms with van der Waals surface area (Å²) in [7, 11) is 3.04. The Bertz CT molecular complexity index is 806. The molecule has 27 heavy (non-hydrogen) atoms. The number of nitrogens with one attached hydrogen (secondary N) is 1. The van der Waals surface area contributed by atoms with Gasteiger partial charge in [0.05, 0.1) is 39.5 Å². The number of nitrogens with zero attached hydrogens (tertiary/aromatic N) is 3. The van der Waals surface area contributed by atoms with Gasteiger partial charge in [-0.3, -0.25) is 4.79 Å². The van der Waals surface area contributed by atoms with Gasteiger partial charge in [-0.05, 0) is 19.1 Å². The Morgan fingerprint density at radius 1 is 1.22 bits per heavy atom. The predicted octanol–water partition coefficient (Wildman–Crippen LogP) is 1.57. The highest BCUT2D eigenvalue weighted by molar-refractivity contribution is 5.97. The summed E-state index contributed by atoms with van der Waals surface area (Å²) in [5.41, 5.74) is 1.26. The summed E-state index contributed by atoms with van der Waals surface area (Å²) in [5.74, 6) is 2.05. The van der Waals surface area contributed by atoms with Crippen LogP contribution in [0.1, 0.15) is 21.9 Å². The molecule has 2 aromatic rings. The minimum Gasteiger partial charge on any atom is -0.493 e. The highest BCUT2D eigenvalue weighted by Crippen LogP contribution is 2.30. The van der Waals surface area contributed by atoms with Crippen molar-refractivity contribution in [1.82, 2.24) is 15.3 Å². The lowest BCUT2D eigenvalue weighted by Gasteiger charge is -2.28. The van der Waals surface area contributed by atoms with E-state index in [0.717, 1.165) is 24.6 Å². The van der Waals surface area contributed by atoms with E-state index in [1.165, 1.54) is 14.2 Å². The number of carbonyl (C=O) groups is 1. The third-order valence-electron chi connectivity index (χ3n) is 4.28. The molecule has 2 heterocycles. The van der Waals surface area contributed by atoms with Gasteiger partial charge in [-0.1, -0.05) is 6.07 Å². The van der Waals surface area contributed by atoms with Crippen LogP contribution in [-0.4, -0.2) is 56.4 Å². The first-order chi connectivity index (χ1) is 13.1. The molecule has 8 nitrogen and oxygen atoms in total. The maximum atomic E-state index is 12.6. The second-order valence-electron chi connectivity index (χ2n) is 6.11. The van der Waals surface area contributed by atoms with Crippen LogP contribution >= 0.6 is 0 Å². The lowest BCUT2D eigenvalue weighted by atomic mass is 10.1. The monoisotopic (exact) mass is 372 g/mol. The van der Waals surface area contributed by atoms with E-state index in [9.17, 15) is 4.79 Å². The van der Waals surface area contributed by atoms with Gasteiger partial charge < -0.3 is 24.4 Å². The molecule has 1 N–H and O–H groups in total. The fourth-order valence-corrected chi connectivity index (χ4v) is 2.97. The molecule has 0 aliphatic carbocycles. The molecule has 0 radical (unpaired) electrons. The van der Waals surface area contributed by atoms with Crippen LogP contribution in [-0.2, 0) is 11.3 Å². The van der Waals surface area contributed by atoms with Gasteiger partial charge in [0.15, 0.2) is 11.5 Å². The molecule has 0 bridgehead atoms. The van der Waals surface area contributed by atoms with Gasteiger partial charge in [-0.25, -0.2) is 9.97 Å². The molecule has 1 fully saturated rings. The van der Waals surface area contributed by atoms with Crippen molar-refractivity contribution in [2.75, 3.05) is 45.4 Å². The maximum Gasteiger partial charge on any atom is 0.255 e. The standard InChI is InChI=1S/C19H24N4O4/c1-13-11-17(23-7-9-27-10-8-23)22-16(21-13)12-20-19(24)14-5-4-6-15(25-2)18(14)26-3/h4-6,11H,7-10,12H2,1-3H3,(H,20,24). The van der Waals surface area contributed by atoms with Crippen LogP contribution in [0, 0.1) is 6.92 Å². The SMILES string of the molecule is COc1cccc(C(=O)NCc2nc(C)cc(N3CCOCC3)n2)c1OC. The second-order valence-corrected chi connectivity index (χ2v) is 6.11. The van der Waals surface area contributed by atoms with E-state index in [2.05, 4.69) is 20.2 Å². The lowest BCUT2D eigenvalue weighted by Crippen LogP contribution is -2.37. The molecule has 1 saturated heterocycles. The third kappa shape index (κ3) is 4.46. The normalized spacial score (nSPS) is 14.0. The largest absolute Gasteiger partial charge is 0.493 e. The molecule has 0 saturated carbocycles. The molecule has 1 aromatic heterocycles. The first-order valence-corrected chi connectivity index (χ1v) is 8.79. The van der Waals surface area contributed by atoms with Crippen LogP contribution in [0.25, 0.3) is 0 Å². The number of morpholine rings is 1.